The lowest BCUT2D eigenvalue weighted by molar-refractivity contribution is -0.133. The van der Waals surface area contributed by atoms with Crippen LogP contribution in [0.5, 0.6) is 0 Å². The zero-order valence-corrected chi connectivity index (χ0v) is 12.8. The van der Waals surface area contributed by atoms with Crippen molar-refractivity contribution in [3.8, 4) is 0 Å². The summed E-state index contributed by atoms with van der Waals surface area (Å²) in [6.07, 6.45) is 3.95. The third-order valence-corrected chi connectivity index (χ3v) is 5.11. The highest BCUT2D eigenvalue weighted by Gasteiger charge is 2.37. The molecule has 2 aromatic carbocycles. The van der Waals surface area contributed by atoms with E-state index >= 15 is 0 Å². The van der Waals surface area contributed by atoms with Crippen molar-refractivity contribution >= 4 is 16.7 Å². The monoisotopic (exact) mass is 294 g/mol. The second-order valence-corrected chi connectivity index (χ2v) is 6.54. The number of nitrogens with one attached hydrogen (secondary N) is 1. The molecular weight excluding hydrogens is 272 g/mol. The molecule has 2 fully saturated rings. The lowest BCUT2D eigenvalue weighted by Gasteiger charge is -2.28. The Balaban J connectivity index is 1.55. The van der Waals surface area contributed by atoms with E-state index in [4.69, 9.17) is 0 Å². The molecule has 114 valence electrons. The lowest BCUT2D eigenvalue weighted by atomic mass is 10.0. The molecule has 3 heteroatoms. The van der Waals surface area contributed by atoms with Crippen molar-refractivity contribution in [2.24, 2.45) is 0 Å². The molecule has 2 saturated heterocycles. The van der Waals surface area contributed by atoms with Crippen LogP contribution in [0.4, 0.5) is 0 Å². The molecule has 4 rings (SSSR count). The maximum absolute atomic E-state index is 12.8. The van der Waals surface area contributed by atoms with Gasteiger partial charge in [0.2, 0.25) is 5.91 Å². The highest BCUT2D eigenvalue weighted by molar-refractivity contribution is 5.85. The highest BCUT2D eigenvalue weighted by Crippen LogP contribution is 2.28. The Morgan fingerprint density at radius 1 is 1.05 bits per heavy atom. The number of hydrogen-bond acceptors (Lipinski definition) is 2. The van der Waals surface area contributed by atoms with Crippen molar-refractivity contribution in [2.45, 2.75) is 37.8 Å². The molecule has 2 aliphatic heterocycles. The number of carbonyl (C=O) groups is 1. The van der Waals surface area contributed by atoms with Gasteiger partial charge in [-0.25, -0.2) is 0 Å². The van der Waals surface area contributed by atoms with Crippen LogP contribution in [0.15, 0.2) is 42.5 Å². The first kappa shape index (κ1) is 13.8. The minimum Gasteiger partial charge on any atom is -0.335 e. The average molecular weight is 294 g/mol. The summed E-state index contributed by atoms with van der Waals surface area (Å²) in [4.78, 5) is 15.0. The van der Waals surface area contributed by atoms with Gasteiger partial charge < -0.3 is 10.2 Å². The Morgan fingerprint density at radius 2 is 1.86 bits per heavy atom. The fourth-order valence-electron chi connectivity index (χ4n) is 4.00. The van der Waals surface area contributed by atoms with Gasteiger partial charge in [-0.05, 0) is 42.1 Å². The van der Waals surface area contributed by atoms with Crippen LogP contribution in [-0.4, -0.2) is 36.0 Å². The topological polar surface area (TPSA) is 32.3 Å². The molecular formula is C19H22N2O. The van der Waals surface area contributed by atoms with Gasteiger partial charge in [-0.15, -0.1) is 0 Å². The molecule has 2 bridgehead atoms. The molecule has 0 spiro atoms. The van der Waals surface area contributed by atoms with E-state index in [0.717, 1.165) is 31.5 Å². The van der Waals surface area contributed by atoms with Gasteiger partial charge in [0.05, 0.1) is 6.42 Å². The van der Waals surface area contributed by atoms with Crippen molar-refractivity contribution in [3.63, 3.8) is 0 Å². The van der Waals surface area contributed by atoms with Gasteiger partial charge in [0.15, 0.2) is 0 Å². The summed E-state index contributed by atoms with van der Waals surface area (Å²) in [5.41, 5.74) is 1.13. The molecule has 0 saturated carbocycles. The van der Waals surface area contributed by atoms with Crippen molar-refractivity contribution in [2.75, 3.05) is 13.1 Å². The van der Waals surface area contributed by atoms with Gasteiger partial charge in [0, 0.05) is 18.6 Å². The van der Waals surface area contributed by atoms with E-state index in [1.54, 1.807) is 0 Å². The normalized spacial score (nSPS) is 24.5. The number of nitrogens with zero attached hydrogens (tertiary/aromatic N) is 1. The summed E-state index contributed by atoms with van der Waals surface area (Å²) < 4.78 is 0. The van der Waals surface area contributed by atoms with Crippen LogP contribution in [0.3, 0.4) is 0 Å². The third-order valence-electron chi connectivity index (χ3n) is 5.11. The maximum atomic E-state index is 12.8. The Morgan fingerprint density at radius 3 is 2.77 bits per heavy atom. The first-order valence-corrected chi connectivity index (χ1v) is 8.31. The van der Waals surface area contributed by atoms with Gasteiger partial charge in [-0.3, -0.25) is 4.79 Å². The van der Waals surface area contributed by atoms with Crippen molar-refractivity contribution in [1.29, 1.82) is 0 Å². The summed E-state index contributed by atoms with van der Waals surface area (Å²) >= 11 is 0. The summed E-state index contributed by atoms with van der Waals surface area (Å²) in [5, 5.41) is 5.91. The zero-order chi connectivity index (χ0) is 14.9. The molecule has 22 heavy (non-hydrogen) atoms. The van der Waals surface area contributed by atoms with Gasteiger partial charge in [-0.1, -0.05) is 42.5 Å². The number of hydrogen-bond donors (Lipinski definition) is 1. The van der Waals surface area contributed by atoms with E-state index in [1.807, 2.05) is 0 Å². The SMILES string of the molecule is O=C(Cc1ccc2ccccc2c1)N1C2CCNCC1CC2. The fourth-order valence-corrected chi connectivity index (χ4v) is 4.00. The van der Waals surface area contributed by atoms with Gasteiger partial charge >= 0.3 is 0 Å². The molecule has 2 aliphatic rings. The van der Waals surface area contributed by atoms with E-state index in [9.17, 15) is 4.79 Å². The van der Waals surface area contributed by atoms with Crippen LogP contribution in [-0.2, 0) is 11.2 Å². The van der Waals surface area contributed by atoms with Crippen LogP contribution in [0.2, 0.25) is 0 Å². The predicted molar refractivity (Wildman–Crippen MR) is 88.8 cm³/mol. The molecule has 1 N–H and O–H groups in total. The lowest BCUT2D eigenvalue weighted by Crippen LogP contribution is -2.43. The van der Waals surface area contributed by atoms with Crippen LogP contribution >= 0.6 is 0 Å². The van der Waals surface area contributed by atoms with Crippen molar-refractivity contribution in [3.05, 3.63) is 48.0 Å². The predicted octanol–water partition coefficient (Wildman–Crippen LogP) is 2.74. The minimum absolute atomic E-state index is 0.298. The molecule has 0 aliphatic carbocycles. The average Bonchev–Trinajstić information content (AvgIpc) is 2.80. The quantitative estimate of drug-likeness (QED) is 0.923. The molecule has 2 unspecified atom stereocenters. The Hall–Kier alpha value is -1.87. The standard InChI is InChI=1S/C19H22N2O/c22-19(21-17-7-8-18(21)13-20-10-9-17)12-14-5-6-15-3-1-2-4-16(15)11-14/h1-6,11,17-18,20H,7-10,12-13H2. The van der Waals surface area contributed by atoms with Gasteiger partial charge in [0.1, 0.15) is 0 Å². The third kappa shape index (κ3) is 2.50. The molecule has 3 nitrogen and oxygen atoms in total. The second-order valence-electron chi connectivity index (χ2n) is 6.54. The number of fused-ring (bicyclic) bond motifs is 3. The Bertz CT molecular complexity index is 683. The zero-order valence-electron chi connectivity index (χ0n) is 12.8. The van der Waals surface area contributed by atoms with Crippen LogP contribution in [0, 0.1) is 0 Å². The second kappa shape index (κ2) is 5.73. The summed E-state index contributed by atoms with van der Waals surface area (Å²) in [5.74, 6) is 0.298. The molecule has 2 aromatic rings. The van der Waals surface area contributed by atoms with E-state index in [0.29, 0.717) is 24.4 Å². The van der Waals surface area contributed by atoms with E-state index in [-0.39, 0.29) is 0 Å². The molecule has 0 radical (unpaired) electrons. The van der Waals surface area contributed by atoms with Gasteiger partial charge in [-0.2, -0.15) is 0 Å². The molecule has 0 aromatic heterocycles. The van der Waals surface area contributed by atoms with E-state index < -0.39 is 0 Å². The van der Waals surface area contributed by atoms with Gasteiger partial charge in [0.25, 0.3) is 0 Å². The molecule has 2 atom stereocenters. The van der Waals surface area contributed by atoms with Crippen LogP contribution < -0.4 is 5.32 Å². The van der Waals surface area contributed by atoms with Crippen molar-refractivity contribution < 1.29 is 4.79 Å². The van der Waals surface area contributed by atoms with Crippen molar-refractivity contribution in [1.82, 2.24) is 10.2 Å². The Labute approximate surface area is 131 Å². The first-order valence-electron chi connectivity index (χ1n) is 8.31. The largest absolute Gasteiger partial charge is 0.335 e. The molecule has 2 heterocycles. The number of rotatable bonds is 2. The number of benzene rings is 2. The smallest absolute Gasteiger partial charge is 0.227 e. The first-order chi connectivity index (χ1) is 10.8. The summed E-state index contributed by atoms with van der Waals surface area (Å²) in [6.45, 7) is 2.00. The number of amides is 1. The minimum atomic E-state index is 0.298. The van der Waals surface area contributed by atoms with E-state index in [2.05, 4.69) is 52.7 Å². The fraction of sp³-hybridized carbons (Fsp3) is 0.421. The van der Waals surface area contributed by atoms with Crippen LogP contribution in [0.1, 0.15) is 24.8 Å². The highest BCUT2D eigenvalue weighted by atomic mass is 16.2. The molecule has 1 amide bonds. The Kier molecular flexibility index (Phi) is 3.59. The van der Waals surface area contributed by atoms with E-state index in [1.165, 1.54) is 17.2 Å². The summed E-state index contributed by atoms with van der Waals surface area (Å²) in [6, 6.07) is 15.6. The van der Waals surface area contributed by atoms with Crippen LogP contribution in [0.25, 0.3) is 10.8 Å². The number of carbonyl (C=O) groups excluding carboxylic acids is 1. The maximum Gasteiger partial charge on any atom is 0.227 e. The summed E-state index contributed by atoms with van der Waals surface area (Å²) in [7, 11) is 0.